The first-order valence-corrected chi connectivity index (χ1v) is 4.64. The van der Waals surface area contributed by atoms with Gasteiger partial charge in [0, 0.05) is 6.08 Å². The Hall–Kier alpha value is -0.740. The molecule has 1 rings (SSSR count). The van der Waals surface area contributed by atoms with Crippen LogP contribution in [0.3, 0.4) is 0 Å². The molecule has 0 unspecified atom stereocenters. The predicted octanol–water partition coefficient (Wildman–Crippen LogP) is 2.44. The highest BCUT2D eigenvalue weighted by Gasteiger charge is 1.90. The molecule has 0 spiro atoms. The molecular weight excluding hydrogens is 180 g/mol. The van der Waals surface area contributed by atoms with E-state index in [2.05, 4.69) is 0 Å². The van der Waals surface area contributed by atoms with Crippen molar-refractivity contribution in [1.82, 2.24) is 0 Å². The molecule has 2 nitrogen and oxygen atoms in total. The summed E-state index contributed by atoms with van der Waals surface area (Å²) in [6, 6.07) is 3.88. The van der Waals surface area contributed by atoms with Crippen molar-refractivity contribution in [2.24, 2.45) is 0 Å². The summed E-state index contributed by atoms with van der Waals surface area (Å²) >= 11 is 3.01. The highest BCUT2D eigenvalue weighted by atomic mass is 32.2. The Labute approximate surface area is 72.6 Å². The van der Waals surface area contributed by atoms with Gasteiger partial charge in [0.05, 0.1) is 4.21 Å². The van der Waals surface area contributed by atoms with Crippen molar-refractivity contribution in [3.05, 3.63) is 29.0 Å². The number of hydrogen-bond donors (Lipinski definition) is 1. The monoisotopic (exact) mass is 186 g/mol. The largest absolute Gasteiger partial charge is 0.478 e. The first-order chi connectivity index (χ1) is 5.29. The lowest BCUT2D eigenvalue weighted by atomic mass is 10.7. The molecule has 0 saturated heterocycles. The molecule has 1 N–H and O–H groups in total. The van der Waals surface area contributed by atoms with Gasteiger partial charge in [-0.3, -0.25) is 0 Å². The number of rotatable bonds is 3. The van der Waals surface area contributed by atoms with E-state index < -0.39 is 5.97 Å². The van der Waals surface area contributed by atoms with Crippen LogP contribution in [0.4, 0.5) is 0 Å². The Morgan fingerprint density at radius 1 is 1.73 bits per heavy atom. The number of carboxylic acid groups (broad SMARTS) is 1. The summed E-state index contributed by atoms with van der Waals surface area (Å²) in [7, 11) is 0. The quantitative estimate of drug-likeness (QED) is 0.582. The van der Waals surface area contributed by atoms with Crippen LogP contribution in [-0.2, 0) is 4.79 Å². The maximum atomic E-state index is 10.0. The van der Waals surface area contributed by atoms with Gasteiger partial charge in [-0.15, -0.1) is 11.3 Å². The second-order valence-corrected chi connectivity index (χ2v) is 3.84. The lowest BCUT2D eigenvalue weighted by Gasteiger charge is -1.84. The molecule has 0 fully saturated rings. The normalized spacial score (nSPS) is 10.5. The zero-order chi connectivity index (χ0) is 8.10. The summed E-state index contributed by atoms with van der Waals surface area (Å²) in [5, 5.41) is 11.8. The summed E-state index contributed by atoms with van der Waals surface area (Å²) in [6.07, 6.45) is 1.13. The van der Waals surface area contributed by atoms with E-state index in [0.29, 0.717) is 0 Å². The van der Waals surface area contributed by atoms with E-state index in [1.54, 1.807) is 16.7 Å². The first kappa shape index (κ1) is 8.36. The number of thiophene rings is 1. The van der Waals surface area contributed by atoms with Crippen LogP contribution in [0.1, 0.15) is 0 Å². The standard InChI is InChI=1S/C7H6O2S2/c8-6(9)3-5-11-7-2-1-4-10-7/h1-5H,(H,8,9). The Balaban J connectivity index is 2.40. The van der Waals surface area contributed by atoms with E-state index in [1.807, 2.05) is 17.5 Å². The molecule has 0 saturated carbocycles. The van der Waals surface area contributed by atoms with Gasteiger partial charge >= 0.3 is 5.97 Å². The second-order valence-electron chi connectivity index (χ2n) is 1.69. The summed E-state index contributed by atoms with van der Waals surface area (Å²) in [4.78, 5) is 10.0. The fourth-order valence-electron chi connectivity index (χ4n) is 0.490. The Bertz CT molecular complexity index is 251. The number of aliphatic carboxylic acids is 1. The van der Waals surface area contributed by atoms with Gasteiger partial charge in [0.1, 0.15) is 0 Å². The van der Waals surface area contributed by atoms with E-state index in [9.17, 15) is 4.79 Å². The zero-order valence-corrected chi connectivity index (χ0v) is 7.19. The molecule has 0 bridgehead atoms. The second kappa shape index (κ2) is 4.20. The molecule has 0 aliphatic rings. The van der Waals surface area contributed by atoms with Crippen LogP contribution in [0.15, 0.2) is 33.2 Å². The Morgan fingerprint density at radius 2 is 2.55 bits per heavy atom. The van der Waals surface area contributed by atoms with E-state index in [-0.39, 0.29) is 0 Å². The summed E-state index contributed by atoms with van der Waals surface area (Å²) in [6.45, 7) is 0. The molecular formula is C7H6O2S2. The summed E-state index contributed by atoms with van der Waals surface area (Å²) in [5.41, 5.74) is 0. The van der Waals surface area contributed by atoms with Crippen LogP contribution in [0.5, 0.6) is 0 Å². The molecule has 11 heavy (non-hydrogen) atoms. The van der Waals surface area contributed by atoms with Gasteiger partial charge in [0.25, 0.3) is 0 Å². The molecule has 1 aromatic heterocycles. The lowest BCUT2D eigenvalue weighted by molar-refractivity contribution is -0.131. The third kappa shape index (κ3) is 3.25. The van der Waals surface area contributed by atoms with Crippen molar-refractivity contribution >= 4 is 29.1 Å². The van der Waals surface area contributed by atoms with Crippen LogP contribution < -0.4 is 0 Å². The van der Waals surface area contributed by atoms with Crippen LogP contribution >= 0.6 is 23.1 Å². The smallest absolute Gasteiger partial charge is 0.328 e. The number of thioether (sulfide) groups is 1. The predicted molar refractivity (Wildman–Crippen MR) is 47.0 cm³/mol. The summed E-state index contributed by atoms with van der Waals surface area (Å²) in [5.74, 6) is -0.908. The highest BCUT2D eigenvalue weighted by molar-refractivity contribution is 8.03. The first-order valence-electron chi connectivity index (χ1n) is 2.88. The topological polar surface area (TPSA) is 37.3 Å². The van der Waals surface area contributed by atoms with Gasteiger partial charge < -0.3 is 5.11 Å². The molecule has 1 aromatic rings. The van der Waals surface area contributed by atoms with E-state index in [0.717, 1.165) is 10.3 Å². The molecule has 0 amide bonds. The fourth-order valence-corrected chi connectivity index (χ4v) is 1.97. The number of hydrogen-bond acceptors (Lipinski definition) is 3. The average molecular weight is 186 g/mol. The van der Waals surface area contributed by atoms with Crippen LogP contribution in [0, 0.1) is 0 Å². The summed E-state index contributed by atoms with van der Waals surface area (Å²) < 4.78 is 1.10. The molecule has 0 aliphatic carbocycles. The van der Waals surface area contributed by atoms with Crippen molar-refractivity contribution in [1.29, 1.82) is 0 Å². The molecule has 0 aliphatic heterocycles. The van der Waals surface area contributed by atoms with Crippen LogP contribution in [0.25, 0.3) is 0 Å². The molecule has 58 valence electrons. The van der Waals surface area contributed by atoms with Crippen molar-refractivity contribution in [3.8, 4) is 0 Å². The third-order valence-electron chi connectivity index (χ3n) is 0.890. The lowest BCUT2D eigenvalue weighted by Crippen LogP contribution is -1.83. The van der Waals surface area contributed by atoms with Gasteiger partial charge in [-0.05, 0) is 16.9 Å². The van der Waals surface area contributed by atoms with Gasteiger partial charge in [0.2, 0.25) is 0 Å². The van der Waals surface area contributed by atoms with Crippen molar-refractivity contribution in [3.63, 3.8) is 0 Å². The van der Waals surface area contributed by atoms with Crippen molar-refractivity contribution in [2.75, 3.05) is 0 Å². The van der Waals surface area contributed by atoms with E-state index in [4.69, 9.17) is 5.11 Å². The van der Waals surface area contributed by atoms with Crippen molar-refractivity contribution < 1.29 is 9.90 Å². The Morgan fingerprint density at radius 3 is 3.09 bits per heavy atom. The molecule has 0 radical (unpaired) electrons. The van der Waals surface area contributed by atoms with Gasteiger partial charge in [-0.2, -0.15) is 0 Å². The van der Waals surface area contributed by atoms with E-state index in [1.165, 1.54) is 11.8 Å². The maximum absolute atomic E-state index is 10.0. The minimum Gasteiger partial charge on any atom is -0.478 e. The highest BCUT2D eigenvalue weighted by Crippen LogP contribution is 2.23. The SMILES string of the molecule is O=C(O)C=CSc1cccs1. The Kier molecular flexibility index (Phi) is 3.19. The zero-order valence-electron chi connectivity index (χ0n) is 5.56. The van der Waals surface area contributed by atoms with Gasteiger partial charge in [-0.25, -0.2) is 4.79 Å². The van der Waals surface area contributed by atoms with Crippen LogP contribution in [-0.4, -0.2) is 11.1 Å². The fraction of sp³-hybridized carbons (Fsp3) is 0. The van der Waals surface area contributed by atoms with Crippen LogP contribution in [0.2, 0.25) is 0 Å². The molecule has 0 atom stereocenters. The number of carboxylic acids is 1. The minimum absolute atomic E-state index is 0.908. The molecule has 0 aromatic carbocycles. The number of carbonyl (C=O) groups is 1. The molecule has 1 heterocycles. The third-order valence-corrected chi connectivity index (χ3v) is 2.77. The molecule has 4 heteroatoms. The van der Waals surface area contributed by atoms with Crippen molar-refractivity contribution in [2.45, 2.75) is 4.21 Å². The minimum atomic E-state index is -0.908. The van der Waals surface area contributed by atoms with Gasteiger partial charge in [-0.1, -0.05) is 17.8 Å². The maximum Gasteiger partial charge on any atom is 0.328 e. The van der Waals surface area contributed by atoms with E-state index >= 15 is 0 Å². The van der Waals surface area contributed by atoms with Gasteiger partial charge in [0.15, 0.2) is 0 Å². The average Bonchev–Trinajstić information content (AvgIpc) is 2.39.